The molecule has 2 aliphatic rings. The normalized spacial score (nSPS) is 24.8. The quantitative estimate of drug-likeness (QED) is 0.733. The third kappa shape index (κ3) is 3.03. The molecule has 1 N–H and O–H groups in total. The van der Waals surface area contributed by atoms with E-state index in [-0.39, 0.29) is 17.7 Å². The topological polar surface area (TPSA) is 86.8 Å². The fourth-order valence-electron chi connectivity index (χ4n) is 3.91. The van der Waals surface area contributed by atoms with Crippen molar-refractivity contribution in [3.05, 3.63) is 0 Å². The van der Waals surface area contributed by atoms with Crippen LogP contribution in [-0.4, -0.2) is 65.0 Å². The Kier molecular flexibility index (Phi) is 5.30. The first-order valence-electron chi connectivity index (χ1n) is 8.59. The first-order valence-corrected chi connectivity index (χ1v) is 8.59. The maximum absolute atomic E-state index is 13.2. The molecule has 134 valence electrons. The Morgan fingerprint density at radius 2 is 1.88 bits per heavy atom. The van der Waals surface area contributed by atoms with Gasteiger partial charge in [0.1, 0.15) is 11.6 Å². The number of carbonyl (C=O) groups is 4. The molecular weight excluding hydrogens is 310 g/mol. The Morgan fingerprint density at radius 1 is 1.21 bits per heavy atom. The summed E-state index contributed by atoms with van der Waals surface area (Å²) in [4.78, 5) is 52.2. The van der Waals surface area contributed by atoms with Crippen LogP contribution in [0, 0.1) is 5.92 Å². The summed E-state index contributed by atoms with van der Waals surface area (Å²) in [5, 5.41) is 2.63. The molecule has 0 aliphatic carbocycles. The number of amides is 3. The van der Waals surface area contributed by atoms with Crippen molar-refractivity contribution < 1.29 is 19.2 Å². The van der Waals surface area contributed by atoms with E-state index >= 15 is 0 Å². The van der Waals surface area contributed by atoms with Gasteiger partial charge in [0.15, 0.2) is 0 Å². The predicted octanol–water partition coefficient (Wildman–Crippen LogP) is 0.330. The monoisotopic (exact) mass is 337 g/mol. The van der Waals surface area contributed by atoms with Crippen LogP contribution in [0.25, 0.3) is 0 Å². The maximum atomic E-state index is 13.2. The molecule has 0 radical (unpaired) electrons. The highest BCUT2D eigenvalue weighted by Gasteiger charge is 2.57. The smallest absolute Gasteiger partial charge is 0.290 e. The Morgan fingerprint density at radius 3 is 2.42 bits per heavy atom. The van der Waals surface area contributed by atoms with Crippen LogP contribution in [0.1, 0.15) is 46.5 Å². The Hall–Kier alpha value is -1.92. The maximum Gasteiger partial charge on any atom is 0.290 e. The van der Waals surface area contributed by atoms with Crippen LogP contribution in [0.2, 0.25) is 0 Å². The molecule has 3 amide bonds. The van der Waals surface area contributed by atoms with Gasteiger partial charge < -0.3 is 15.1 Å². The van der Waals surface area contributed by atoms with Crippen LogP contribution in [-0.2, 0) is 19.2 Å². The summed E-state index contributed by atoms with van der Waals surface area (Å²) in [7, 11) is 1.56. The highest BCUT2D eigenvalue weighted by Crippen LogP contribution is 2.40. The van der Waals surface area contributed by atoms with Crippen LogP contribution in [0.5, 0.6) is 0 Å². The number of likely N-dealkylation sites (N-methyl/N-ethyl adjacent to an activating group) is 1. The van der Waals surface area contributed by atoms with Crippen molar-refractivity contribution in [2.75, 3.05) is 20.1 Å². The minimum Gasteiger partial charge on any atom is -0.357 e. The van der Waals surface area contributed by atoms with Crippen LogP contribution in [0.4, 0.5) is 0 Å². The third-order valence-electron chi connectivity index (χ3n) is 5.08. The number of likely N-dealkylation sites (tertiary alicyclic amines) is 2. The number of carbonyl (C=O) groups excluding carboxylic acids is 4. The molecule has 0 aromatic heterocycles. The summed E-state index contributed by atoms with van der Waals surface area (Å²) in [5.74, 6) is -1.26. The lowest BCUT2D eigenvalue weighted by Gasteiger charge is -2.34. The fraction of sp³-hybridized carbons (Fsp3) is 0.765. The van der Waals surface area contributed by atoms with Crippen LogP contribution in [0.15, 0.2) is 0 Å². The second-order valence-corrected chi connectivity index (χ2v) is 7.16. The largest absolute Gasteiger partial charge is 0.357 e. The van der Waals surface area contributed by atoms with Crippen LogP contribution < -0.4 is 5.32 Å². The molecule has 2 fully saturated rings. The summed E-state index contributed by atoms with van der Waals surface area (Å²) in [5.41, 5.74) is -0.938. The number of hydrogen-bond donors (Lipinski definition) is 1. The van der Waals surface area contributed by atoms with Crippen molar-refractivity contribution in [2.24, 2.45) is 5.92 Å². The first-order chi connectivity index (χ1) is 11.2. The van der Waals surface area contributed by atoms with Gasteiger partial charge in [-0.3, -0.25) is 19.2 Å². The van der Waals surface area contributed by atoms with Gasteiger partial charge in [0.05, 0.1) is 0 Å². The average Bonchev–Trinajstić information content (AvgIpc) is 3.09. The highest BCUT2D eigenvalue weighted by atomic mass is 16.2. The van der Waals surface area contributed by atoms with Crippen LogP contribution in [0.3, 0.4) is 0 Å². The van der Waals surface area contributed by atoms with Gasteiger partial charge in [-0.25, -0.2) is 0 Å². The molecule has 0 unspecified atom stereocenters. The SMILES string of the molecule is CNC(=O)[C@@H](CC(C)C)N1CC[C@]2(CCCN2C(=O)C(C)=O)C1=O. The van der Waals surface area contributed by atoms with Crippen molar-refractivity contribution >= 4 is 23.5 Å². The molecule has 24 heavy (non-hydrogen) atoms. The summed E-state index contributed by atoms with van der Waals surface area (Å²) >= 11 is 0. The number of rotatable bonds is 5. The fourth-order valence-corrected chi connectivity index (χ4v) is 3.91. The van der Waals surface area contributed by atoms with E-state index in [1.807, 2.05) is 13.8 Å². The molecule has 0 aromatic carbocycles. The lowest BCUT2D eigenvalue weighted by molar-refractivity contribution is -0.153. The van der Waals surface area contributed by atoms with Crippen molar-refractivity contribution in [1.29, 1.82) is 0 Å². The minimum atomic E-state index is -0.938. The van der Waals surface area contributed by atoms with Crippen molar-refractivity contribution in [3.63, 3.8) is 0 Å². The summed E-state index contributed by atoms with van der Waals surface area (Å²) in [6.07, 6.45) is 2.31. The van der Waals surface area contributed by atoms with E-state index in [9.17, 15) is 19.2 Å². The van der Waals surface area contributed by atoms with Gasteiger partial charge in [-0.1, -0.05) is 13.8 Å². The molecule has 1 spiro atoms. The van der Waals surface area contributed by atoms with E-state index in [1.54, 1.807) is 11.9 Å². The Balaban J connectivity index is 2.28. The van der Waals surface area contributed by atoms with Crippen LogP contribution >= 0.6 is 0 Å². The summed E-state index contributed by atoms with van der Waals surface area (Å²) < 4.78 is 0. The second kappa shape index (κ2) is 6.91. The van der Waals surface area contributed by atoms with E-state index in [0.717, 1.165) is 0 Å². The number of Topliss-reactive ketones (excluding diaryl/α,β-unsaturated/α-hetero) is 1. The molecule has 2 aliphatic heterocycles. The third-order valence-corrected chi connectivity index (χ3v) is 5.08. The minimum absolute atomic E-state index is 0.184. The zero-order valence-corrected chi connectivity index (χ0v) is 14.9. The molecule has 7 heteroatoms. The molecule has 7 nitrogen and oxygen atoms in total. The molecular formula is C17H27N3O4. The van der Waals surface area contributed by atoms with Gasteiger partial charge in [-0.05, 0) is 31.6 Å². The van der Waals surface area contributed by atoms with Gasteiger partial charge in [0, 0.05) is 27.1 Å². The van der Waals surface area contributed by atoms with Gasteiger partial charge >= 0.3 is 0 Å². The lowest BCUT2D eigenvalue weighted by atomic mass is 9.93. The van der Waals surface area contributed by atoms with E-state index in [1.165, 1.54) is 11.8 Å². The van der Waals surface area contributed by atoms with E-state index < -0.39 is 23.3 Å². The van der Waals surface area contributed by atoms with E-state index in [4.69, 9.17) is 0 Å². The molecule has 0 saturated carbocycles. The molecule has 2 rings (SSSR count). The van der Waals surface area contributed by atoms with Gasteiger partial charge in [0.2, 0.25) is 17.6 Å². The van der Waals surface area contributed by atoms with Gasteiger partial charge in [0.25, 0.3) is 5.91 Å². The lowest BCUT2D eigenvalue weighted by Crippen LogP contribution is -2.57. The second-order valence-electron chi connectivity index (χ2n) is 7.16. The molecule has 2 atom stereocenters. The zero-order valence-electron chi connectivity index (χ0n) is 14.9. The summed E-state index contributed by atoms with van der Waals surface area (Å²) in [6.45, 7) is 6.11. The Bertz CT molecular complexity index is 560. The first kappa shape index (κ1) is 18.4. The number of nitrogens with zero attached hydrogens (tertiary/aromatic N) is 2. The highest BCUT2D eigenvalue weighted by molar-refractivity contribution is 6.35. The molecule has 2 saturated heterocycles. The number of ketones is 1. The molecule has 2 heterocycles. The van der Waals surface area contributed by atoms with Crippen molar-refractivity contribution in [2.45, 2.75) is 58.0 Å². The van der Waals surface area contributed by atoms with Gasteiger partial charge in [-0.15, -0.1) is 0 Å². The predicted molar refractivity (Wildman–Crippen MR) is 88.0 cm³/mol. The standard InChI is InChI=1S/C17H27N3O4/c1-11(2)10-13(14(22)18-4)19-9-7-17(16(19)24)6-5-8-20(17)15(23)12(3)21/h11,13H,5-10H2,1-4H3,(H,18,22)/t13-,17-/m1/s1. The van der Waals surface area contributed by atoms with Crippen molar-refractivity contribution in [3.8, 4) is 0 Å². The van der Waals surface area contributed by atoms with E-state index in [2.05, 4.69) is 5.32 Å². The Labute approximate surface area is 142 Å². The molecule has 0 bridgehead atoms. The summed E-state index contributed by atoms with van der Waals surface area (Å²) in [6, 6.07) is -0.531. The van der Waals surface area contributed by atoms with E-state index in [0.29, 0.717) is 38.8 Å². The average molecular weight is 337 g/mol. The molecule has 0 aromatic rings. The number of hydrogen-bond acceptors (Lipinski definition) is 4. The van der Waals surface area contributed by atoms with Crippen molar-refractivity contribution in [1.82, 2.24) is 15.1 Å². The van der Waals surface area contributed by atoms with Gasteiger partial charge in [-0.2, -0.15) is 0 Å². The number of nitrogens with one attached hydrogen (secondary N) is 1. The zero-order chi connectivity index (χ0) is 18.1.